The number of aromatic nitrogens is 1. The highest BCUT2D eigenvalue weighted by atomic mass is 15.5. The minimum Gasteiger partial charge on any atom is -0.387 e. The Balaban J connectivity index is 0.963. The number of para-hydroxylation sites is 2. The number of rotatable bonds is 6. The molecule has 328 valence electrons. The van der Waals surface area contributed by atoms with Crippen LogP contribution in [0, 0.1) is 0 Å². The molecule has 1 N–H and O–H groups in total. The van der Waals surface area contributed by atoms with Crippen molar-refractivity contribution in [2.45, 2.75) is 19.3 Å². The van der Waals surface area contributed by atoms with Gasteiger partial charge in [-0.25, -0.2) is 5.01 Å². The van der Waals surface area contributed by atoms with Gasteiger partial charge in [0.1, 0.15) is 0 Å². The standard InChI is InChI=1S/C65H48N4/c1-65(2)57-25-12-9-21-52(57)56-41-62-48(39-58(56)65)33-32-47-38-45(46-34-36-54-53-22-11-14-27-61(53)68(63(54)40-46)49-18-5-4-6-19-49)35-37-60(47)69(62)67-59-26-13-10-23-55(59)64(66-3)44-30-28-43(29-31-44)51-24-15-17-42-16-7-8-20-50(42)51/h4-41,66H,1-3H3/b64-55-,67-59-. The number of nitrogens with zero attached hydrogens (tertiary/aromatic N) is 3. The molecule has 4 heteroatoms. The molecule has 0 saturated heterocycles. The van der Waals surface area contributed by atoms with Gasteiger partial charge in [0.2, 0.25) is 0 Å². The minimum atomic E-state index is -0.142. The second-order valence-electron chi connectivity index (χ2n) is 18.8. The highest BCUT2D eigenvalue weighted by molar-refractivity contribution is 6.17. The molecule has 69 heavy (non-hydrogen) atoms. The summed E-state index contributed by atoms with van der Waals surface area (Å²) in [5.41, 5.74) is 21.6. The first kappa shape index (κ1) is 40.5. The van der Waals surface area contributed by atoms with Crippen molar-refractivity contribution in [2.24, 2.45) is 5.10 Å². The van der Waals surface area contributed by atoms with E-state index in [-0.39, 0.29) is 5.41 Å². The SMILES string of the molecule is CN/C(=C1/C=CC=C/C1=N/N1c2ccc(-c3ccc4c5ccccc5n(-c5ccccc5)c4c3)cc2C=Cc2cc3c(cc21)-c1ccccc1C3(C)C)c1ccc(-c2cccc3ccccc23)cc1. The first-order chi connectivity index (χ1) is 33.9. The lowest BCUT2D eigenvalue weighted by Gasteiger charge is -2.26. The maximum Gasteiger partial charge on any atom is 0.0933 e. The van der Waals surface area contributed by atoms with Crippen LogP contribution in [0.1, 0.15) is 41.7 Å². The molecule has 0 atom stereocenters. The molecule has 0 radical (unpaired) electrons. The maximum atomic E-state index is 5.71. The Morgan fingerprint density at radius 3 is 2.00 bits per heavy atom. The summed E-state index contributed by atoms with van der Waals surface area (Å²) in [5.74, 6) is 0. The Kier molecular flexibility index (Phi) is 9.38. The lowest BCUT2D eigenvalue weighted by Crippen LogP contribution is -2.19. The summed E-state index contributed by atoms with van der Waals surface area (Å²) in [6.45, 7) is 4.70. The van der Waals surface area contributed by atoms with Gasteiger partial charge in [-0.15, -0.1) is 0 Å². The summed E-state index contributed by atoms with van der Waals surface area (Å²) >= 11 is 0. The minimum absolute atomic E-state index is 0.142. The van der Waals surface area contributed by atoms with Crippen molar-refractivity contribution in [3.63, 3.8) is 0 Å². The van der Waals surface area contributed by atoms with Gasteiger partial charge in [0, 0.05) is 45.6 Å². The van der Waals surface area contributed by atoms with E-state index in [2.05, 4.69) is 259 Å². The van der Waals surface area contributed by atoms with Crippen LogP contribution in [0.4, 0.5) is 11.4 Å². The number of anilines is 2. The number of nitrogens with one attached hydrogen (secondary N) is 1. The lowest BCUT2D eigenvalue weighted by molar-refractivity contribution is 0.660. The summed E-state index contributed by atoms with van der Waals surface area (Å²) in [5, 5.41) is 16.5. The van der Waals surface area contributed by atoms with Crippen LogP contribution >= 0.6 is 0 Å². The second-order valence-corrected chi connectivity index (χ2v) is 18.8. The van der Waals surface area contributed by atoms with Crippen LogP contribution in [-0.2, 0) is 5.41 Å². The second kappa shape index (κ2) is 16.0. The fraction of sp³-hybridized carbons (Fsp3) is 0.0615. The van der Waals surface area contributed by atoms with Crippen LogP contribution in [-0.4, -0.2) is 17.3 Å². The van der Waals surface area contributed by atoms with E-state index in [0.29, 0.717) is 0 Å². The van der Waals surface area contributed by atoms with Crippen LogP contribution < -0.4 is 10.3 Å². The summed E-state index contributed by atoms with van der Waals surface area (Å²) in [4.78, 5) is 0. The van der Waals surface area contributed by atoms with E-state index >= 15 is 0 Å². The van der Waals surface area contributed by atoms with Crippen molar-refractivity contribution in [1.29, 1.82) is 0 Å². The Morgan fingerprint density at radius 1 is 0.478 bits per heavy atom. The highest BCUT2D eigenvalue weighted by Crippen LogP contribution is 2.52. The van der Waals surface area contributed by atoms with E-state index in [4.69, 9.17) is 5.10 Å². The van der Waals surface area contributed by atoms with Crippen LogP contribution in [0.3, 0.4) is 0 Å². The predicted molar refractivity (Wildman–Crippen MR) is 292 cm³/mol. The molecule has 2 heterocycles. The van der Waals surface area contributed by atoms with E-state index in [1.54, 1.807) is 0 Å². The van der Waals surface area contributed by atoms with Gasteiger partial charge in [-0.1, -0.05) is 190 Å². The van der Waals surface area contributed by atoms with Gasteiger partial charge in [0.25, 0.3) is 0 Å². The first-order valence-corrected chi connectivity index (χ1v) is 23.9. The van der Waals surface area contributed by atoms with Gasteiger partial charge in [-0.2, -0.15) is 5.10 Å². The van der Waals surface area contributed by atoms with Crippen LogP contribution in [0.2, 0.25) is 0 Å². The zero-order chi connectivity index (χ0) is 46.2. The van der Waals surface area contributed by atoms with Crippen molar-refractivity contribution in [1.82, 2.24) is 9.88 Å². The molecule has 1 aliphatic heterocycles. The van der Waals surface area contributed by atoms with E-state index < -0.39 is 0 Å². The van der Waals surface area contributed by atoms with Gasteiger partial charge in [0.15, 0.2) is 0 Å². The van der Waals surface area contributed by atoms with Gasteiger partial charge in [-0.3, -0.25) is 0 Å². The molecular formula is C65H48N4. The third-order valence-corrected chi connectivity index (χ3v) is 14.6. The van der Waals surface area contributed by atoms with Crippen LogP contribution in [0.25, 0.3) is 89.5 Å². The Morgan fingerprint density at radius 2 is 1.14 bits per heavy atom. The van der Waals surface area contributed by atoms with Crippen LogP contribution in [0.5, 0.6) is 0 Å². The molecule has 1 aromatic heterocycles. The Labute approximate surface area is 402 Å². The maximum absolute atomic E-state index is 5.71. The number of allylic oxidation sites excluding steroid dienone is 5. The molecule has 0 unspecified atom stereocenters. The monoisotopic (exact) mass is 884 g/mol. The summed E-state index contributed by atoms with van der Waals surface area (Å²) in [7, 11) is 2.01. The van der Waals surface area contributed by atoms with Crippen molar-refractivity contribution in [2.75, 3.05) is 12.1 Å². The summed E-state index contributed by atoms with van der Waals surface area (Å²) < 4.78 is 2.39. The quantitative estimate of drug-likeness (QED) is 0.180. The van der Waals surface area contributed by atoms with Gasteiger partial charge in [-0.05, 0) is 115 Å². The van der Waals surface area contributed by atoms with E-state index in [9.17, 15) is 0 Å². The third kappa shape index (κ3) is 6.55. The van der Waals surface area contributed by atoms with Crippen LogP contribution in [0.15, 0.2) is 229 Å². The number of hydrogen-bond acceptors (Lipinski definition) is 3. The number of fused-ring (bicyclic) bond motifs is 9. The number of hydrazone groups is 1. The predicted octanol–water partition coefficient (Wildman–Crippen LogP) is 16.3. The molecule has 4 nitrogen and oxygen atoms in total. The molecule has 0 fully saturated rings. The van der Waals surface area contributed by atoms with Gasteiger partial charge >= 0.3 is 0 Å². The van der Waals surface area contributed by atoms with E-state index in [0.717, 1.165) is 61.9 Å². The molecule has 0 bridgehead atoms. The van der Waals surface area contributed by atoms with E-state index in [1.165, 1.54) is 66.0 Å². The normalized spacial score (nSPS) is 15.6. The highest BCUT2D eigenvalue weighted by Gasteiger charge is 2.37. The van der Waals surface area contributed by atoms with E-state index in [1.807, 2.05) is 7.05 Å². The Hall–Kier alpha value is -8.73. The average molecular weight is 885 g/mol. The summed E-state index contributed by atoms with van der Waals surface area (Å²) in [6.07, 6.45) is 13.1. The molecular weight excluding hydrogens is 837 g/mol. The average Bonchev–Trinajstić information content (AvgIpc) is 3.78. The topological polar surface area (TPSA) is 32.6 Å². The number of hydrogen-bond donors (Lipinski definition) is 1. The van der Waals surface area contributed by atoms with Crippen molar-refractivity contribution < 1.29 is 0 Å². The van der Waals surface area contributed by atoms with Crippen molar-refractivity contribution in [3.05, 3.63) is 252 Å². The van der Waals surface area contributed by atoms with Gasteiger partial charge < -0.3 is 9.88 Å². The van der Waals surface area contributed by atoms with Gasteiger partial charge in [0.05, 0.1) is 33.8 Å². The molecule has 0 spiro atoms. The fourth-order valence-electron chi connectivity index (χ4n) is 11.2. The molecule has 10 aromatic rings. The summed E-state index contributed by atoms with van der Waals surface area (Å²) in [6, 6.07) is 70.9. The molecule has 0 saturated carbocycles. The smallest absolute Gasteiger partial charge is 0.0933 e. The molecule has 3 aliphatic rings. The third-order valence-electron chi connectivity index (χ3n) is 14.6. The van der Waals surface area contributed by atoms with Crippen molar-refractivity contribution in [3.8, 4) is 39.1 Å². The fourth-order valence-corrected chi connectivity index (χ4v) is 11.2. The largest absolute Gasteiger partial charge is 0.387 e. The zero-order valence-corrected chi connectivity index (χ0v) is 38.8. The molecule has 2 aliphatic carbocycles. The number of benzene rings is 9. The van der Waals surface area contributed by atoms with Crippen molar-refractivity contribution >= 4 is 67.5 Å². The molecule has 0 amide bonds. The lowest BCUT2D eigenvalue weighted by atomic mass is 9.82. The molecule has 13 rings (SSSR count). The first-order valence-electron chi connectivity index (χ1n) is 23.9. The Bertz CT molecular complexity index is 3890. The molecule has 9 aromatic carbocycles. The zero-order valence-electron chi connectivity index (χ0n) is 38.8.